The van der Waals surface area contributed by atoms with Crippen molar-refractivity contribution in [3.63, 3.8) is 0 Å². The molecule has 2 aromatic rings. The Morgan fingerprint density at radius 2 is 2.11 bits per heavy atom. The third kappa shape index (κ3) is 2.51. The first-order chi connectivity index (χ1) is 8.80. The van der Waals surface area contributed by atoms with Crippen LogP contribution in [-0.4, -0.2) is 25.5 Å². The predicted octanol–water partition coefficient (Wildman–Crippen LogP) is 2.31. The highest BCUT2D eigenvalue weighted by molar-refractivity contribution is 5.81. The molecule has 0 bridgehead atoms. The van der Waals surface area contributed by atoms with E-state index in [2.05, 4.69) is 10.2 Å². The Morgan fingerprint density at radius 1 is 1.42 bits per heavy atom. The fourth-order valence-electron chi connectivity index (χ4n) is 1.71. The van der Waals surface area contributed by atoms with Gasteiger partial charge < -0.3 is 0 Å². The molecule has 0 saturated carbocycles. The first-order valence-electron chi connectivity index (χ1n) is 5.48. The number of aromatic nitrogens is 4. The number of halogens is 3. The van der Waals surface area contributed by atoms with Crippen molar-refractivity contribution in [2.75, 3.05) is 0 Å². The molecule has 0 radical (unpaired) electrons. The molecule has 5 nitrogen and oxygen atoms in total. The van der Waals surface area contributed by atoms with E-state index in [1.807, 2.05) is 0 Å². The van der Waals surface area contributed by atoms with Crippen LogP contribution in [0.3, 0.4) is 0 Å². The van der Waals surface area contributed by atoms with Gasteiger partial charge in [0.15, 0.2) is 5.69 Å². The zero-order valence-electron chi connectivity index (χ0n) is 10.2. The quantitative estimate of drug-likeness (QED) is 0.843. The van der Waals surface area contributed by atoms with Gasteiger partial charge in [0.2, 0.25) is 0 Å². The summed E-state index contributed by atoms with van der Waals surface area (Å²) in [6.45, 7) is 2.94. The van der Waals surface area contributed by atoms with E-state index in [0.717, 1.165) is 15.4 Å². The number of rotatable bonds is 2. The molecule has 8 heteroatoms. The number of carbonyl (C=O) groups is 1. The number of carbonyl (C=O) groups excluding carboxylic acids is 1. The predicted molar refractivity (Wildman–Crippen MR) is 59.5 cm³/mol. The summed E-state index contributed by atoms with van der Waals surface area (Å²) in [5.74, 6) is -0.454. The first-order valence-corrected chi connectivity index (χ1v) is 5.48. The maximum Gasteiger partial charge on any atom is 0.435 e. The summed E-state index contributed by atoms with van der Waals surface area (Å²) in [5, 5.41) is 7.19. The molecular weight excluding hydrogens is 261 g/mol. The van der Waals surface area contributed by atoms with Crippen molar-refractivity contribution in [3.8, 4) is 0 Å². The molecule has 0 aromatic carbocycles. The van der Waals surface area contributed by atoms with Crippen molar-refractivity contribution in [1.29, 1.82) is 0 Å². The summed E-state index contributed by atoms with van der Waals surface area (Å²) >= 11 is 0. The number of aryl methyl sites for hydroxylation is 1. The van der Waals surface area contributed by atoms with Gasteiger partial charge in [-0.15, -0.1) is 0 Å². The lowest BCUT2D eigenvalue weighted by atomic mass is 10.3. The van der Waals surface area contributed by atoms with Crippen molar-refractivity contribution < 1.29 is 18.0 Å². The standard InChI is InChI=1S/C11H11F3N4O/c1-7-6-9(11(12,13)14)16-18(7)8(2)10(19)17-5-3-4-15-17/h3-6,8H,1-2H3. The van der Waals surface area contributed by atoms with Crippen LogP contribution in [0.2, 0.25) is 0 Å². The molecule has 0 amide bonds. The maximum absolute atomic E-state index is 12.5. The third-order valence-electron chi connectivity index (χ3n) is 2.67. The van der Waals surface area contributed by atoms with E-state index in [1.54, 1.807) is 6.07 Å². The fraction of sp³-hybridized carbons (Fsp3) is 0.364. The van der Waals surface area contributed by atoms with E-state index < -0.39 is 23.8 Å². The van der Waals surface area contributed by atoms with Crippen molar-refractivity contribution >= 4 is 5.91 Å². The SMILES string of the molecule is Cc1cc(C(F)(F)F)nn1C(C)C(=O)n1cccn1. The molecule has 1 unspecified atom stereocenters. The number of hydrogen-bond donors (Lipinski definition) is 0. The molecule has 102 valence electrons. The van der Waals surface area contributed by atoms with Gasteiger partial charge in [0.25, 0.3) is 5.91 Å². The van der Waals surface area contributed by atoms with Crippen LogP contribution >= 0.6 is 0 Å². The highest BCUT2D eigenvalue weighted by atomic mass is 19.4. The zero-order chi connectivity index (χ0) is 14.2. The Hall–Kier alpha value is -2.12. The van der Waals surface area contributed by atoms with Crippen LogP contribution in [0.25, 0.3) is 0 Å². The summed E-state index contributed by atoms with van der Waals surface area (Å²) in [6, 6.07) is 1.60. The average Bonchev–Trinajstić information content (AvgIpc) is 2.94. The second-order valence-electron chi connectivity index (χ2n) is 4.08. The Kier molecular flexibility index (Phi) is 3.17. The highest BCUT2D eigenvalue weighted by Crippen LogP contribution is 2.29. The van der Waals surface area contributed by atoms with Crippen LogP contribution in [0, 0.1) is 6.92 Å². The number of alkyl halides is 3. The molecule has 0 saturated heterocycles. The minimum atomic E-state index is -4.52. The van der Waals surface area contributed by atoms with Crippen LogP contribution in [0.15, 0.2) is 24.5 Å². The van der Waals surface area contributed by atoms with Gasteiger partial charge >= 0.3 is 6.18 Å². The monoisotopic (exact) mass is 272 g/mol. The summed E-state index contributed by atoms with van der Waals surface area (Å²) in [5.41, 5.74) is -0.745. The first kappa shape index (κ1) is 13.3. The van der Waals surface area contributed by atoms with Crippen molar-refractivity contribution in [2.24, 2.45) is 0 Å². The minimum absolute atomic E-state index is 0.264. The van der Waals surface area contributed by atoms with E-state index in [1.165, 1.54) is 26.2 Å². The lowest BCUT2D eigenvalue weighted by molar-refractivity contribution is -0.141. The zero-order valence-corrected chi connectivity index (χ0v) is 10.2. The van der Waals surface area contributed by atoms with Crippen LogP contribution in [0.5, 0.6) is 0 Å². The summed E-state index contributed by atoms with van der Waals surface area (Å²) in [7, 11) is 0. The van der Waals surface area contributed by atoms with Gasteiger partial charge in [0, 0.05) is 18.1 Å². The second kappa shape index (κ2) is 4.52. The summed E-state index contributed by atoms with van der Waals surface area (Å²) in [4.78, 5) is 12.0. The van der Waals surface area contributed by atoms with Gasteiger partial charge in [-0.3, -0.25) is 9.48 Å². The Morgan fingerprint density at radius 3 is 2.58 bits per heavy atom. The van der Waals surface area contributed by atoms with E-state index in [-0.39, 0.29) is 5.69 Å². The maximum atomic E-state index is 12.5. The normalized spacial score (nSPS) is 13.5. The van der Waals surface area contributed by atoms with E-state index in [9.17, 15) is 18.0 Å². The topological polar surface area (TPSA) is 52.7 Å². The number of hydrogen-bond acceptors (Lipinski definition) is 3. The molecule has 19 heavy (non-hydrogen) atoms. The molecule has 1 atom stereocenters. The van der Waals surface area contributed by atoms with Gasteiger partial charge in [-0.2, -0.15) is 23.4 Å². The molecule has 2 heterocycles. The highest BCUT2D eigenvalue weighted by Gasteiger charge is 2.35. The van der Waals surface area contributed by atoms with Crippen molar-refractivity contribution in [1.82, 2.24) is 19.6 Å². The van der Waals surface area contributed by atoms with E-state index >= 15 is 0 Å². The molecule has 0 fully saturated rings. The minimum Gasteiger partial charge on any atom is -0.270 e. The van der Waals surface area contributed by atoms with E-state index in [0.29, 0.717) is 0 Å². The molecule has 0 N–H and O–H groups in total. The molecule has 0 spiro atoms. The lowest BCUT2D eigenvalue weighted by Crippen LogP contribution is -2.25. The molecule has 2 aromatic heterocycles. The Balaban J connectivity index is 2.32. The van der Waals surface area contributed by atoms with Gasteiger partial charge in [-0.1, -0.05) is 0 Å². The Bertz CT molecular complexity index is 586. The Labute approximate surface area is 106 Å². The molecule has 0 aliphatic rings. The van der Waals surface area contributed by atoms with Crippen LogP contribution < -0.4 is 0 Å². The van der Waals surface area contributed by atoms with Crippen LogP contribution in [0.1, 0.15) is 29.1 Å². The van der Waals surface area contributed by atoms with Gasteiger partial charge in [-0.25, -0.2) is 4.68 Å². The molecule has 0 aliphatic carbocycles. The fourth-order valence-corrected chi connectivity index (χ4v) is 1.71. The smallest absolute Gasteiger partial charge is 0.270 e. The third-order valence-corrected chi connectivity index (χ3v) is 2.67. The van der Waals surface area contributed by atoms with Crippen LogP contribution in [0.4, 0.5) is 13.2 Å². The average molecular weight is 272 g/mol. The van der Waals surface area contributed by atoms with Gasteiger partial charge in [0.1, 0.15) is 6.04 Å². The lowest BCUT2D eigenvalue weighted by Gasteiger charge is -2.12. The van der Waals surface area contributed by atoms with Crippen LogP contribution in [-0.2, 0) is 6.18 Å². The largest absolute Gasteiger partial charge is 0.435 e. The summed E-state index contributed by atoms with van der Waals surface area (Å²) in [6.07, 6.45) is -1.67. The van der Waals surface area contributed by atoms with Gasteiger partial charge in [-0.05, 0) is 26.0 Å². The summed E-state index contributed by atoms with van der Waals surface area (Å²) < 4.78 is 39.7. The van der Waals surface area contributed by atoms with Crippen molar-refractivity contribution in [3.05, 3.63) is 35.9 Å². The van der Waals surface area contributed by atoms with E-state index in [4.69, 9.17) is 0 Å². The molecule has 2 rings (SSSR count). The van der Waals surface area contributed by atoms with Crippen molar-refractivity contribution in [2.45, 2.75) is 26.1 Å². The molecule has 0 aliphatic heterocycles. The molecular formula is C11H11F3N4O. The number of nitrogens with zero attached hydrogens (tertiary/aromatic N) is 4. The second-order valence-corrected chi connectivity index (χ2v) is 4.08. The van der Waals surface area contributed by atoms with Gasteiger partial charge in [0.05, 0.1) is 0 Å².